The van der Waals surface area contributed by atoms with Crippen LogP contribution in [-0.4, -0.2) is 32.7 Å². The molecule has 0 atom stereocenters. The van der Waals surface area contributed by atoms with Crippen LogP contribution >= 0.6 is 0 Å². The van der Waals surface area contributed by atoms with Crippen LogP contribution in [0.4, 0.5) is 17.1 Å². The van der Waals surface area contributed by atoms with Crippen molar-refractivity contribution in [3.05, 3.63) is 28.3 Å². The van der Waals surface area contributed by atoms with Crippen molar-refractivity contribution in [1.29, 1.82) is 0 Å². The highest BCUT2D eigenvalue weighted by Crippen LogP contribution is 2.31. The Hall–Kier alpha value is -1.91. The Bertz CT molecular complexity index is 560. The molecule has 106 valence electrons. The monoisotopic (exact) mass is 289 g/mol. The van der Waals surface area contributed by atoms with Gasteiger partial charge in [0.2, 0.25) is 10.0 Å². The van der Waals surface area contributed by atoms with Crippen LogP contribution in [0.5, 0.6) is 0 Å². The number of nitro benzene ring substituents is 1. The zero-order chi connectivity index (χ0) is 14.5. The molecule has 0 radical (unpaired) electrons. The molecule has 0 unspecified atom stereocenters. The van der Waals surface area contributed by atoms with Gasteiger partial charge in [-0.05, 0) is 19.2 Å². The van der Waals surface area contributed by atoms with E-state index in [2.05, 4.69) is 15.5 Å². The van der Waals surface area contributed by atoms with Crippen LogP contribution < -0.4 is 21.3 Å². The van der Waals surface area contributed by atoms with Crippen LogP contribution in [0.25, 0.3) is 0 Å². The number of nitrogens with one attached hydrogen (secondary N) is 3. The second kappa shape index (κ2) is 6.31. The highest BCUT2D eigenvalue weighted by atomic mass is 32.2. The number of rotatable bonds is 7. The second-order valence-corrected chi connectivity index (χ2v) is 5.60. The summed E-state index contributed by atoms with van der Waals surface area (Å²) in [6, 6.07) is 4.50. The number of hydrazine groups is 1. The smallest absolute Gasteiger partial charge is 0.316 e. The molecule has 1 rings (SSSR count). The fourth-order valence-corrected chi connectivity index (χ4v) is 2.00. The average molecular weight is 289 g/mol. The molecule has 0 bridgehead atoms. The van der Waals surface area contributed by atoms with E-state index in [1.165, 1.54) is 19.2 Å². The quantitative estimate of drug-likeness (QED) is 0.310. The van der Waals surface area contributed by atoms with Crippen molar-refractivity contribution < 1.29 is 13.3 Å². The van der Waals surface area contributed by atoms with Crippen LogP contribution in [0.2, 0.25) is 0 Å². The normalized spacial score (nSPS) is 11.1. The fourth-order valence-electron chi connectivity index (χ4n) is 1.42. The molecule has 1 aromatic rings. The molecule has 0 fully saturated rings. The van der Waals surface area contributed by atoms with Crippen molar-refractivity contribution >= 4 is 27.1 Å². The van der Waals surface area contributed by atoms with Crippen molar-refractivity contribution in [3.63, 3.8) is 0 Å². The maximum atomic E-state index is 11.2. The molecule has 0 aliphatic rings. The van der Waals surface area contributed by atoms with Crippen LogP contribution in [0, 0.1) is 10.1 Å². The number of nitrogen functional groups attached to an aromatic ring is 1. The first kappa shape index (κ1) is 15.1. The van der Waals surface area contributed by atoms with E-state index in [4.69, 9.17) is 5.84 Å². The van der Waals surface area contributed by atoms with Crippen molar-refractivity contribution in [2.45, 2.75) is 0 Å². The Labute approximate surface area is 110 Å². The van der Waals surface area contributed by atoms with Crippen LogP contribution in [0.1, 0.15) is 0 Å². The zero-order valence-corrected chi connectivity index (χ0v) is 11.0. The molecular weight excluding hydrogens is 274 g/mol. The third-order valence-corrected chi connectivity index (χ3v) is 3.73. The number of benzene rings is 1. The molecule has 0 aliphatic carbocycles. The van der Waals surface area contributed by atoms with Gasteiger partial charge in [0.15, 0.2) is 0 Å². The lowest BCUT2D eigenvalue weighted by Gasteiger charge is -2.09. The summed E-state index contributed by atoms with van der Waals surface area (Å²) in [5.41, 5.74) is 2.34. The second-order valence-electron chi connectivity index (χ2n) is 3.55. The Kier molecular flexibility index (Phi) is 5.03. The zero-order valence-electron chi connectivity index (χ0n) is 10.2. The molecule has 0 saturated heterocycles. The highest BCUT2D eigenvalue weighted by molar-refractivity contribution is 7.89. The maximum absolute atomic E-state index is 11.2. The first-order chi connectivity index (χ1) is 8.91. The van der Waals surface area contributed by atoms with Crippen molar-refractivity contribution in [2.24, 2.45) is 5.84 Å². The van der Waals surface area contributed by atoms with Crippen molar-refractivity contribution in [1.82, 2.24) is 4.72 Å². The van der Waals surface area contributed by atoms with Gasteiger partial charge in [-0.2, -0.15) is 0 Å². The maximum Gasteiger partial charge on any atom is 0.316 e. The molecule has 0 amide bonds. The van der Waals surface area contributed by atoms with Crippen molar-refractivity contribution in [2.75, 3.05) is 30.1 Å². The van der Waals surface area contributed by atoms with Gasteiger partial charge in [0, 0.05) is 6.54 Å². The van der Waals surface area contributed by atoms with Crippen LogP contribution in [-0.2, 0) is 10.0 Å². The van der Waals surface area contributed by atoms with E-state index in [1.807, 2.05) is 0 Å². The summed E-state index contributed by atoms with van der Waals surface area (Å²) in [6.07, 6.45) is 0. The van der Waals surface area contributed by atoms with Gasteiger partial charge in [-0.25, -0.2) is 13.1 Å². The third kappa shape index (κ3) is 4.05. The predicted octanol–water partition coefficient (Wildman–Crippen LogP) is -0.158. The number of hydrogen-bond donors (Lipinski definition) is 4. The van der Waals surface area contributed by atoms with Crippen LogP contribution in [0.15, 0.2) is 18.2 Å². The van der Waals surface area contributed by atoms with Gasteiger partial charge < -0.3 is 10.7 Å². The minimum atomic E-state index is -3.36. The Morgan fingerprint density at radius 2 is 2.00 bits per heavy atom. The Morgan fingerprint density at radius 3 is 2.53 bits per heavy atom. The lowest BCUT2D eigenvalue weighted by atomic mass is 10.2. The first-order valence-electron chi connectivity index (χ1n) is 5.30. The highest BCUT2D eigenvalue weighted by Gasteiger charge is 2.19. The molecule has 9 nitrogen and oxygen atoms in total. The Balaban J connectivity index is 2.87. The number of nitro groups is 1. The Morgan fingerprint density at radius 1 is 1.37 bits per heavy atom. The average Bonchev–Trinajstić information content (AvgIpc) is 2.37. The minimum absolute atomic E-state index is 0.0397. The largest absolute Gasteiger partial charge is 0.378 e. The van der Waals surface area contributed by atoms with Crippen LogP contribution in [0.3, 0.4) is 0 Å². The van der Waals surface area contributed by atoms with E-state index in [9.17, 15) is 18.5 Å². The number of nitrogens with two attached hydrogens (primary N) is 1. The molecule has 0 aliphatic heterocycles. The lowest BCUT2D eigenvalue weighted by molar-refractivity contribution is -0.383. The first-order valence-corrected chi connectivity index (χ1v) is 6.95. The topological polar surface area (TPSA) is 139 Å². The van der Waals surface area contributed by atoms with E-state index < -0.39 is 14.9 Å². The molecule has 1 aromatic carbocycles. The molecule has 10 heteroatoms. The summed E-state index contributed by atoms with van der Waals surface area (Å²) in [6.45, 7) is 0.0397. The van der Waals surface area contributed by atoms with Gasteiger partial charge in [0.1, 0.15) is 11.4 Å². The molecule has 0 spiro atoms. The summed E-state index contributed by atoms with van der Waals surface area (Å²) in [4.78, 5) is 10.4. The standard InChI is InChI=1S/C9H15N5O4S/c1-11-19(17,18)6-5-12-7-3-2-4-8(13-10)9(7)14(15)16/h2-4,11-13H,5-6,10H2,1H3. The van der Waals surface area contributed by atoms with E-state index in [0.29, 0.717) is 0 Å². The van der Waals surface area contributed by atoms with Gasteiger partial charge in [-0.1, -0.05) is 6.07 Å². The summed E-state index contributed by atoms with van der Waals surface area (Å²) >= 11 is 0. The number of nitrogens with zero attached hydrogens (tertiary/aromatic N) is 1. The fraction of sp³-hybridized carbons (Fsp3) is 0.333. The van der Waals surface area contributed by atoms with Gasteiger partial charge in [-0.3, -0.25) is 16.0 Å². The molecular formula is C9H15N5O4S. The summed E-state index contributed by atoms with van der Waals surface area (Å²) in [5, 5.41) is 13.7. The van der Waals surface area contributed by atoms with Gasteiger partial charge in [0.05, 0.1) is 10.7 Å². The van der Waals surface area contributed by atoms with E-state index in [0.717, 1.165) is 0 Å². The third-order valence-electron chi connectivity index (χ3n) is 2.37. The van der Waals surface area contributed by atoms with Gasteiger partial charge >= 0.3 is 5.69 Å². The van der Waals surface area contributed by atoms with Crippen molar-refractivity contribution in [3.8, 4) is 0 Å². The molecule has 0 heterocycles. The number of hydrogen-bond acceptors (Lipinski definition) is 7. The van der Waals surface area contributed by atoms with E-state index in [-0.39, 0.29) is 29.4 Å². The predicted molar refractivity (Wildman–Crippen MR) is 72.2 cm³/mol. The SMILES string of the molecule is CNS(=O)(=O)CCNc1cccc(NN)c1[N+](=O)[O-]. The summed E-state index contributed by atoms with van der Waals surface area (Å²) in [7, 11) is -2.06. The van der Waals surface area contributed by atoms with Gasteiger partial charge in [0.25, 0.3) is 0 Å². The van der Waals surface area contributed by atoms with Gasteiger partial charge in [-0.15, -0.1) is 0 Å². The number of sulfonamides is 1. The molecule has 5 N–H and O–H groups in total. The van der Waals surface area contributed by atoms with E-state index in [1.54, 1.807) is 6.07 Å². The lowest BCUT2D eigenvalue weighted by Crippen LogP contribution is -2.26. The minimum Gasteiger partial charge on any atom is -0.378 e. The number of anilines is 2. The molecule has 19 heavy (non-hydrogen) atoms. The number of para-hydroxylation sites is 1. The summed E-state index contributed by atoms with van der Waals surface area (Å²) in [5.74, 6) is 5.00. The molecule has 0 saturated carbocycles. The summed E-state index contributed by atoms with van der Waals surface area (Å²) < 4.78 is 24.6. The van der Waals surface area contributed by atoms with E-state index >= 15 is 0 Å². The molecule has 0 aromatic heterocycles.